The molecule has 18 heavy (non-hydrogen) atoms. The van der Waals surface area contributed by atoms with Gasteiger partial charge in [-0.25, -0.2) is 19.6 Å². The van der Waals surface area contributed by atoms with Crippen molar-refractivity contribution in [1.29, 1.82) is 0 Å². The predicted molar refractivity (Wildman–Crippen MR) is 63.7 cm³/mol. The highest BCUT2D eigenvalue weighted by atomic mass is 16.4. The van der Waals surface area contributed by atoms with Crippen LogP contribution in [0.3, 0.4) is 0 Å². The first-order valence-electron chi connectivity index (χ1n) is 5.65. The van der Waals surface area contributed by atoms with Gasteiger partial charge in [0.15, 0.2) is 0 Å². The van der Waals surface area contributed by atoms with Crippen molar-refractivity contribution in [2.24, 2.45) is 0 Å². The topological polar surface area (TPSA) is 104 Å². The molecule has 1 aromatic rings. The molecule has 98 valence electrons. The summed E-state index contributed by atoms with van der Waals surface area (Å²) in [5.74, 6) is -1.03. The van der Waals surface area contributed by atoms with Gasteiger partial charge in [0.05, 0.1) is 12.2 Å². The van der Waals surface area contributed by atoms with Gasteiger partial charge < -0.3 is 15.7 Å². The fourth-order valence-electron chi connectivity index (χ4n) is 1.35. The fourth-order valence-corrected chi connectivity index (χ4v) is 1.35. The molecule has 0 radical (unpaired) electrons. The summed E-state index contributed by atoms with van der Waals surface area (Å²) in [5.41, 5.74) is 0.655. The Bertz CT molecular complexity index is 397. The summed E-state index contributed by atoms with van der Waals surface area (Å²) < 4.78 is 0. The molecule has 1 atom stereocenters. The van der Waals surface area contributed by atoms with E-state index in [0.29, 0.717) is 18.5 Å². The van der Waals surface area contributed by atoms with E-state index in [1.807, 2.05) is 6.92 Å². The van der Waals surface area contributed by atoms with Crippen molar-refractivity contribution in [2.75, 3.05) is 0 Å². The molecule has 0 aliphatic heterocycles. The number of nitrogens with zero attached hydrogens (tertiary/aromatic N) is 2. The van der Waals surface area contributed by atoms with Crippen molar-refractivity contribution in [3.05, 3.63) is 24.3 Å². The Morgan fingerprint density at radius 1 is 1.50 bits per heavy atom. The van der Waals surface area contributed by atoms with Crippen LogP contribution in [0.5, 0.6) is 0 Å². The summed E-state index contributed by atoms with van der Waals surface area (Å²) in [6.45, 7) is 2.09. The molecular formula is C11H16N4O3. The molecule has 3 N–H and O–H groups in total. The molecule has 1 aromatic heterocycles. The third-order valence-corrected chi connectivity index (χ3v) is 2.25. The lowest BCUT2D eigenvalue weighted by molar-refractivity contribution is -0.139. The highest BCUT2D eigenvalue weighted by Crippen LogP contribution is 1.97. The molecule has 0 spiro atoms. The smallest absolute Gasteiger partial charge is 0.326 e. The number of carbonyl (C=O) groups is 2. The van der Waals surface area contributed by atoms with Gasteiger partial charge in [-0.2, -0.15) is 0 Å². The van der Waals surface area contributed by atoms with E-state index in [-0.39, 0.29) is 6.54 Å². The maximum atomic E-state index is 11.5. The third-order valence-electron chi connectivity index (χ3n) is 2.25. The number of nitrogens with one attached hydrogen (secondary N) is 2. The predicted octanol–water partition coefficient (Wildman–Crippen LogP) is 0.529. The molecule has 7 nitrogen and oxygen atoms in total. The van der Waals surface area contributed by atoms with Gasteiger partial charge in [0, 0.05) is 6.20 Å². The molecule has 0 fully saturated rings. The van der Waals surface area contributed by atoms with Crippen molar-refractivity contribution in [3.63, 3.8) is 0 Å². The SMILES string of the molecule is CCCC(NC(=O)NCc1ccncn1)C(=O)O. The number of aromatic nitrogens is 2. The molecule has 7 heteroatoms. The normalized spacial score (nSPS) is 11.6. The van der Waals surface area contributed by atoms with E-state index in [2.05, 4.69) is 20.6 Å². The Morgan fingerprint density at radius 3 is 2.83 bits per heavy atom. The van der Waals surface area contributed by atoms with Crippen molar-refractivity contribution in [3.8, 4) is 0 Å². The summed E-state index contributed by atoms with van der Waals surface area (Å²) in [4.78, 5) is 30.0. The van der Waals surface area contributed by atoms with Crippen LogP contribution in [-0.2, 0) is 11.3 Å². The van der Waals surface area contributed by atoms with E-state index in [0.717, 1.165) is 0 Å². The summed E-state index contributed by atoms with van der Waals surface area (Å²) in [6, 6.07) is 0.288. The van der Waals surface area contributed by atoms with Gasteiger partial charge in [-0.15, -0.1) is 0 Å². The summed E-state index contributed by atoms with van der Waals surface area (Å²) in [6.07, 6.45) is 4.03. The number of hydrogen-bond donors (Lipinski definition) is 3. The second-order valence-corrected chi connectivity index (χ2v) is 3.71. The number of aliphatic carboxylic acids is 1. The summed E-state index contributed by atoms with van der Waals surface area (Å²) >= 11 is 0. The minimum atomic E-state index is -1.03. The standard InChI is InChI=1S/C11H16N4O3/c1-2-3-9(10(16)17)15-11(18)13-6-8-4-5-12-7-14-8/h4-5,7,9H,2-3,6H2,1H3,(H,16,17)(H2,13,15,18). The maximum Gasteiger partial charge on any atom is 0.326 e. The first-order valence-corrected chi connectivity index (χ1v) is 5.65. The zero-order valence-corrected chi connectivity index (χ0v) is 10.1. The lowest BCUT2D eigenvalue weighted by Gasteiger charge is -2.13. The van der Waals surface area contributed by atoms with Crippen LogP contribution in [-0.4, -0.2) is 33.1 Å². The van der Waals surface area contributed by atoms with E-state index in [1.165, 1.54) is 6.33 Å². The molecule has 0 saturated carbocycles. The van der Waals surface area contributed by atoms with E-state index in [4.69, 9.17) is 5.11 Å². The second-order valence-electron chi connectivity index (χ2n) is 3.71. The van der Waals surface area contributed by atoms with Crippen LogP contribution in [0.1, 0.15) is 25.5 Å². The van der Waals surface area contributed by atoms with Crippen molar-refractivity contribution < 1.29 is 14.7 Å². The largest absolute Gasteiger partial charge is 0.480 e. The van der Waals surface area contributed by atoms with Crippen LogP contribution in [0.25, 0.3) is 0 Å². The first kappa shape index (κ1) is 13.9. The quantitative estimate of drug-likeness (QED) is 0.685. The van der Waals surface area contributed by atoms with Crippen molar-refractivity contribution >= 4 is 12.0 Å². The Labute approximate surface area is 105 Å². The van der Waals surface area contributed by atoms with E-state index < -0.39 is 18.0 Å². The monoisotopic (exact) mass is 252 g/mol. The highest BCUT2D eigenvalue weighted by Gasteiger charge is 2.18. The molecule has 0 saturated heterocycles. The molecule has 0 aromatic carbocycles. The molecule has 0 aliphatic carbocycles. The third kappa shape index (κ3) is 4.77. The van der Waals surface area contributed by atoms with Gasteiger partial charge in [-0.05, 0) is 12.5 Å². The number of carbonyl (C=O) groups excluding carboxylic acids is 1. The molecule has 1 heterocycles. The van der Waals surface area contributed by atoms with Gasteiger partial charge in [0.1, 0.15) is 12.4 Å². The minimum absolute atomic E-state index is 0.229. The Hall–Kier alpha value is -2.18. The van der Waals surface area contributed by atoms with Crippen LogP contribution >= 0.6 is 0 Å². The lowest BCUT2D eigenvalue weighted by atomic mass is 10.2. The number of carboxylic acid groups (broad SMARTS) is 1. The molecule has 2 amide bonds. The number of urea groups is 1. The second kappa shape index (κ2) is 7.21. The summed E-state index contributed by atoms with van der Waals surface area (Å²) in [7, 11) is 0. The molecule has 1 unspecified atom stereocenters. The number of hydrogen-bond acceptors (Lipinski definition) is 4. The van der Waals surface area contributed by atoms with Crippen molar-refractivity contribution in [2.45, 2.75) is 32.4 Å². The average Bonchev–Trinajstić information content (AvgIpc) is 2.37. The lowest BCUT2D eigenvalue weighted by Crippen LogP contribution is -2.45. The Kier molecular flexibility index (Phi) is 5.56. The van der Waals surface area contributed by atoms with Crippen molar-refractivity contribution in [1.82, 2.24) is 20.6 Å². The van der Waals surface area contributed by atoms with Gasteiger partial charge in [-0.3, -0.25) is 0 Å². The van der Waals surface area contributed by atoms with Crippen LogP contribution in [0.2, 0.25) is 0 Å². The zero-order chi connectivity index (χ0) is 13.4. The first-order chi connectivity index (χ1) is 8.63. The summed E-state index contributed by atoms with van der Waals surface area (Å²) in [5, 5.41) is 13.8. The number of amides is 2. The van der Waals surface area contributed by atoms with E-state index >= 15 is 0 Å². The number of rotatable bonds is 6. The van der Waals surface area contributed by atoms with Gasteiger partial charge in [-0.1, -0.05) is 13.3 Å². The van der Waals surface area contributed by atoms with Gasteiger partial charge in [0.2, 0.25) is 0 Å². The van der Waals surface area contributed by atoms with Crippen LogP contribution < -0.4 is 10.6 Å². The van der Waals surface area contributed by atoms with Crippen LogP contribution in [0.4, 0.5) is 4.79 Å². The average molecular weight is 252 g/mol. The molecular weight excluding hydrogens is 236 g/mol. The highest BCUT2D eigenvalue weighted by molar-refractivity contribution is 5.82. The minimum Gasteiger partial charge on any atom is -0.480 e. The Balaban J connectivity index is 2.39. The number of carboxylic acids is 1. The van der Waals surface area contributed by atoms with E-state index in [9.17, 15) is 9.59 Å². The van der Waals surface area contributed by atoms with Crippen LogP contribution in [0.15, 0.2) is 18.6 Å². The van der Waals surface area contributed by atoms with Gasteiger partial charge >= 0.3 is 12.0 Å². The maximum absolute atomic E-state index is 11.5. The molecule has 0 aliphatic rings. The van der Waals surface area contributed by atoms with Crippen LogP contribution in [0, 0.1) is 0 Å². The van der Waals surface area contributed by atoms with Gasteiger partial charge in [0.25, 0.3) is 0 Å². The molecule has 0 bridgehead atoms. The fraction of sp³-hybridized carbons (Fsp3) is 0.455. The Morgan fingerprint density at radius 2 is 2.28 bits per heavy atom. The van der Waals surface area contributed by atoms with E-state index in [1.54, 1.807) is 12.3 Å². The molecule has 1 rings (SSSR count). The zero-order valence-electron chi connectivity index (χ0n) is 10.1.